The Balaban J connectivity index is 2.06. The third kappa shape index (κ3) is 2.35. The molecular weight excluding hydrogens is 311 g/mol. The van der Waals surface area contributed by atoms with E-state index in [1.54, 1.807) is 25.3 Å². The molecule has 0 spiro atoms. The predicted octanol–water partition coefficient (Wildman–Crippen LogP) is 3.20. The molecule has 122 valence electrons. The van der Waals surface area contributed by atoms with Crippen LogP contribution >= 0.6 is 0 Å². The number of carbonyl (C=O) groups excluding carboxylic acids is 1. The number of esters is 1. The summed E-state index contributed by atoms with van der Waals surface area (Å²) in [6.45, 7) is 1.89. The molecule has 5 nitrogen and oxygen atoms in total. The van der Waals surface area contributed by atoms with E-state index in [2.05, 4.69) is 4.98 Å². The molecule has 0 saturated heterocycles. The molecule has 1 fully saturated rings. The van der Waals surface area contributed by atoms with Crippen LogP contribution in [-0.4, -0.2) is 22.1 Å². The van der Waals surface area contributed by atoms with E-state index >= 15 is 0 Å². The second-order valence-electron chi connectivity index (χ2n) is 5.93. The van der Waals surface area contributed by atoms with Gasteiger partial charge in [-0.05, 0) is 44.0 Å². The molecule has 2 aromatic heterocycles. The van der Waals surface area contributed by atoms with E-state index in [0.29, 0.717) is 21.9 Å². The Morgan fingerprint density at radius 1 is 1.38 bits per heavy atom. The molecule has 1 aliphatic carbocycles. The highest BCUT2D eigenvalue weighted by molar-refractivity contribution is 5.96. The number of halogens is 1. The fraction of sp³-hybridized carbons (Fsp3) is 0.278. The highest BCUT2D eigenvalue weighted by atomic mass is 19.1. The van der Waals surface area contributed by atoms with Crippen molar-refractivity contribution in [1.82, 2.24) is 9.55 Å². The minimum absolute atomic E-state index is 0.00574. The summed E-state index contributed by atoms with van der Waals surface area (Å²) in [5.74, 6) is -1.04. The number of aromatic nitrogens is 2. The lowest BCUT2D eigenvalue weighted by molar-refractivity contribution is 0.0524. The molecule has 3 aromatic rings. The third-order valence-corrected chi connectivity index (χ3v) is 4.19. The summed E-state index contributed by atoms with van der Waals surface area (Å²) in [6, 6.07) is 6.09. The lowest BCUT2D eigenvalue weighted by Gasteiger charge is -2.12. The summed E-state index contributed by atoms with van der Waals surface area (Å²) in [4.78, 5) is 29.4. The highest BCUT2D eigenvalue weighted by Crippen LogP contribution is 2.37. The summed E-state index contributed by atoms with van der Waals surface area (Å²) in [5.41, 5.74) is 0.698. The van der Waals surface area contributed by atoms with E-state index in [0.717, 1.165) is 12.8 Å². The first-order valence-electron chi connectivity index (χ1n) is 7.90. The van der Waals surface area contributed by atoms with E-state index < -0.39 is 17.2 Å². The average molecular weight is 326 g/mol. The summed E-state index contributed by atoms with van der Waals surface area (Å²) in [6.07, 6.45) is 3.50. The summed E-state index contributed by atoms with van der Waals surface area (Å²) in [7, 11) is 0. The van der Waals surface area contributed by atoms with Crippen molar-refractivity contribution >= 4 is 27.9 Å². The zero-order valence-corrected chi connectivity index (χ0v) is 13.1. The average Bonchev–Trinajstić information content (AvgIpc) is 3.39. The number of fused-ring (bicyclic) bond motifs is 2. The van der Waals surface area contributed by atoms with Crippen LogP contribution in [0.4, 0.5) is 4.39 Å². The molecule has 0 bridgehead atoms. The fourth-order valence-electron chi connectivity index (χ4n) is 2.89. The lowest BCUT2D eigenvalue weighted by atomic mass is 10.1. The monoisotopic (exact) mass is 326 g/mol. The number of ether oxygens (including phenoxy) is 1. The Bertz CT molecular complexity index is 1040. The van der Waals surface area contributed by atoms with Crippen molar-refractivity contribution in [3.63, 3.8) is 0 Å². The van der Waals surface area contributed by atoms with Crippen LogP contribution in [0.5, 0.6) is 0 Å². The Hall–Kier alpha value is -2.76. The van der Waals surface area contributed by atoms with Gasteiger partial charge in [0.15, 0.2) is 0 Å². The van der Waals surface area contributed by atoms with Crippen molar-refractivity contribution in [2.45, 2.75) is 25.8 Å². The van der Waals surface area contributed by atoms with Crippen LogP contribution in [0.15, 0.2) is 35.3 Å². The molecule has 24 heavy (non-hydrogen) atoms. The molecule has 2 heterocycles. The number of carbonyl (C=O) groups is 1. The van der Waals surface area contributed by atoms with Gasteiger partial charge in [-0.2, -0.15) is 0 Å². The van der Waals surface area contributed by atoms with E-state index in [-0.39, 0.29) is 18.2 Å². The second kappa shape index (κ2) is 5.40. The van der Waals surface area contributed by atoms with Crippen LogP contribution in [0, 0.1) is 5.82 Å². The van der Waals surface area contributed by atoms with E-state index in [1.807, 2.05) is 4.57 Å². The maximum Gasteiger partial charge on any atom is 0.343 e. The molecule has 0 N–H and O–H groups in total. The van der Waals surface area contributed by atoms with Gasteiger partial charge in [-0.15, -0.1) is 0 Å². The molecule has 0 aliphatic heterocycles. The number of hydrogen-bond donors (Lipinski definition) is 0. The minimum Gasteiger partial charge on any atom is -0.462 e. The molecule has 0 radical (unpaired) electrons. The molecule has 0 amide bonds. The number of hydrogen-bond acceptors (Lipinski definition) is 4. The molecule has 1 saturated carbocycles. The van der Waals surface area contributed by atoms with E-state index in [9.17, 15) is 14.0 Å². The number of nitrogens with zero attached hydrogens (tertiary/aromatic N) is 2. The minimum atomic E-state index is -0.641. The SMILES string of the molecule is CCOC(=O)c1cn(C2CC2)c2nc3ccc(F)cc3cc2c1=O. The maximum absolute atomic E-state index is 13.5. The zero-order chi connectivity index (χ0) is 16.8. The molecule has 0 unspecified atom stereocenters. The zero-order valence-electron chi connectivity index (χ0n) is 13.1. The van der Waals surface area contributed by atoms with Crippen molar-refractivity contribution in [3.05, 3.63) is 52.1 Å². The van der Waals surface area contributed by atoms with Crippen molar-refractivity contribution in [2.24, 2.45) is 0 Å². The Morgan fingerprint density at radius 3 is 2.88 bits per heavy atom. The van der Waals surface area contributed by atoms with Crippen LogP contribution < -0.4 is 5.43 Å². The first-order chi connectivity index (χ1) is 11.6. The van der Waals surface area contributed by atoms with E-state index in [1.165, 1.54) is 12.1 Å². The van der Waals surface area contributed by atoms with Crippen molar-refractivity contribution in [1.29, 1.82) is 0 Å². The van der Waals surface area contributed by atoms with Crippen molar-refractivity contribution < 1.29 is 13.9 Å². The number of benzene rings is 1. The Kier molecular flexibility index (Phi) is 3.33. The summed E-state index contributed by atoms with van der Waals surface area (Å²) >= 11 is 0. The van der Waals surface area contributed by atoms with Crippen LogP contribution in [0.25, 0.3) is 21.9 Å². The third-order valence-electron chi connectivity index (χ3n) is 4.19. The van der Waals surface area contributed by atoms with Gasteiger partial charge in [0.05, 0.1) is 17.5 Å². The van der Waals surface area contributed by atoms with Gasteiger partial charge in [-0.25, -0.2) is 14.2 Å². The van der Waals surface area contributed by atoms with Gasteiger partial charge in [-0.1, -0.05) is 0 Å². The number of pyridine rings is 2. The first kappa shape index (κ1) is 14.8. The summed E-state index contributed by atoms with van der Waals surface area (Å²) < 4.78 is 20.3. The Labute approximate surface area is 136 Å². The van der Waals surface area contributed by atoms with Crippen molar-refractivity contribution in [3.8, 4) is 0 Å². The van der Waals surface area contributed by atoms with Gasteiger partial charge >= 0.3 is 5.97 Å². The smallest absolute Gasteiger partial charge is 0.343 e. The molecule has 6 heteroatoms. The van der Waals surface area contributed by atoms with Crippen molar-refractivity contribution in [2.75, 3.05) is 6.61 Å². The van der Waals surface area contributed by atoms with Gasteiger partial charge in [0.2, 0.25) is 5.43 Å². The predicted molar refractivity (Wildman–Crippen MR) is 87.7 cm³/mol. The van der Waals surface area contributed by atoms with Gasteiger partial charge in [-0.3, -0.25) is 4.79 Å². The summed E-state index contributed by atoms with van der Waals surface area (Å²) in [5, 5.41) is 0.841. The normalized spacial score (nSPS) is 14.2. The molecule has 1 aromatic carbocycles. The molecule has 0 atom stereocenters. The van der Waals surface area contributed by atoms with Gasteiger partial charge in [0.25, 0.3) is 0 Å². The molecule has 1 aliphatic rings. The molecule has 4 rings (SSSR count). The van der Waals surface area contributed by atoms with Gasteiger partial charge in [0.1, 0.15) is 17.0 Å². The van der Waals surface area contributed by atoms with Crippen LogP contribution in [0.3, 0.4) is 0 Å². The van der Waals surface area contributed by atoms with Crippen LogP contribution in [0.2, 0.25) is 0 Å². The fourth-order valence-corrected chi connectivity index (χ4v) is 2.89. The van der Waals surface area contributed by atoms with Gasteiger partial charge < -0.3 is 9.30 Å². The maximum atomic E-state index is 13.5. The van der Waals surface area contributed by atoms with Crippen LogP contribution in [-0.2, 0) is 4.74 Å². The Morgan fingerprint density at radius 2 is 2.17 bits per heavy atom. The van der Waals surface area contributed by atoms with Gasteiger partial charge in [0, 0.05) is 17.6 Å². The van der Waals surface area contributed by atoms with E-state index in [4.69, 9.17) is 4.74 Å². The highest BCUT2D eigenvalue weighted by Gasteiger charge is 2.28. The largest absolute Gasteiger partial charge is 0.462 e. The molecular formula is C18H15FN2O3. The van der Waals surface area contributed by atoms with Crippen LogP contribution in [0.1, 0.15) is 36.2 Å². The number of rotatable bonds is 3. The quantitative estimate of drug-likeness (QED) is 0.548. The lowest BCUT2D eigenvalue weighted by Crippen LogP contribution is -2.21. The second-order valence-corrected chi connectivity index (χ2v) is 5.93. The topological polar surface area (TPSA) is 61.2 Å². The first-order valence-corrected chi connectivity index (χ1v) is 7.90. The standard InChI is InChI=1S/C18H15FN2O3/c1-2-24-18(23)14-9-21(12-4-5-12)17-13(16(14)22)8-10-7-11(19)3-6-15(10)20-17/h3,6-9,12H,2,4-5H2,1H3.